The smallest absolute Gasteiger partial charge is 0.132 e. The van der Waals surface area contributed by atoms with E-state index in [0.717, 1.165) is 14.2 Å². The Morgan fingerprint density at radius 1 is 1.39 bits per heavy atom. The van der Waals surface area contributed by atoms with Crippen LogP contribution in [0.1, 0.15) is 21.4 Å². The van der Waals surface area contributed by atoms with E-state index in [2.05, 4.69) is 15.9 Å². The summed E-state index contributed by atoms with van der Waals surface area (Å²) in [5.74, 6) is 0.149. The SMILES string of the molecule is COc1ccc(C(N)c2cc(Br)c(C)s2)c(F)c1. The molecule has 0 saturated heterocycles. The van der Waals surface area contributed by atoms with Crippen LogP contribution in [0.5, 0.6) is 5.75 Å². The molecule has 1 heterocycles. The van der Waals surface area contributed by atoms with Gasteiger partial charge in [-0.3, -0.25) is 0 Å². The number of nitrogens with two attached hydrogens (primary N) is 1. The van der Waals surface area contributed by atoms with Crippen molar-refractivity contribution in [1.29, 1.82) is 0 Å². The average molecular weight is 330 g/mol. The maximum Gasteiger partial charge on any atom is 0.132 e. The van der Waals surface area contributed by atoms with Gasteiger partial charge in [0.25, 0.3) is 0 Å². The number of benzene rings is 1. The molecule has 0 amide bonds. The van der Waals surface area contributed by atoms with Crippen molar-refractivity contribution in [1.82, 2.24) is 0 Å². The second-order valence-electron chi connectivity index (χ2n) is 3.92. The molecule has 5 heteroatoms. The van der Waals surface area contributed by atoms with Gasteiger partial charge in [-0.15, -0.1) is 11.3 Å². The Morgan fingerprint density at radius 3 is 2.61 bits per heavy atom. The van der Waals surface area contributed by atoms with Gasteiger partial charge in [-0.05, 0) is 35.0 Å². The van der Waals surface area contributed by atoms with E-state index in [9.17, 15) is 4.39 Å². The predicted molar refractivity (Wildman–Crippen MR) is 75.7 cm³/mol. The van der Waals surface area contributed by atoms with Gasteiger partial charge in [0, 0.05) is 25.9 Å². The minimum Gasteiger partial charge on any atom is -0.497 e. The van der Waals surface area contributed by atoms with E-state index >= 15 is 0 Å². The normalized spacial score (nSPS) is 12.5. The molecule has 2 rings (SSSR count). The first-order valence-corrected chi connectivity index (χ1v) is 6.98. The molecule has 1 aromatic carbocycles. The summed E-state index contributed by atoms with van der Waals surface area (Å²) >= 11 is 5.01. The van der Waals surface area contributed by atoms with Gasteiger partial charge in [0.05, 0.1) is 13.2 Å². The van der Waals surface area contributed by atoms with Crippen LogP contribution in [-0.4, -0.2) is 7.11 Å². The zero-order chi connectivity index (χ0) is 13.3. The van der Waals surface area contributed by atoms with Crippen LogP contribution in [0.2, 0.25) is 0 Å². The third-order valence-corrected chi connectivity index (χ3v) is 4.95. The summed E-state index contributed by atoms with van der Waals surface area (Å²) in [7, 11) is 1.51. The minimum absolute atomic E-state index is 0.343. The number of hydrogen-bond donors (Lipinski definition) is 1. The number of aryl methyl sites for hydroxylation is 1. The molecule has 0 aliphatic carbocycles. The highest BCUT2D eigenvalue weighted by Crippen LogP contribution is 2.33. The van der Waals surface area contributed by atoms with Crippen molar-refractivity contribution in [3.63, 3.8) is 0 Å². The van der Waals surface area contributed by atoms with Gasteiger partial charge in [-0.1, -0.05) is 6.07 Å². The molecular formula is C13H13BrFNOS. The second kappa shape index (κ2) is 5.38. The van der Waals surface area contributed by atoms with Crippen molar-refractivity contribution in [2.24, 2.45) is 5.73 Å². The lowest BCUT2D eigenvalue weighted by Gasteiger charge is -2.12. The lowest BCUT2D eigenvalue weighted by molar-refractivity contribution is 0.410. The topological polar surface area (TPSA) is 35.2 Å². The van der Waals surface area contributed by atoms with Crippen molar-refractivity contribution < 1.29 is 9.13 Å². The summed E-state index contributed by atoms with van der Waals surface area (Å²) in [6, 6.07) is 6.22. The fourth-order valence-corrected chi connectivity index (χ4v) is 3.26. The first-order chi connectivity index (χ1) is 8.52. The highest BCUT2D eigenvalue weighted by molar-refractivity contribution is 9.10. The molecule has 0 radical (unpaired) electrons. The van der Waals surface area contributed by atoms with Crippen LogP contribution in [-0.2, 0) is 0 Å². The van der Waals surface area contributed by atoms with Crippen LogP contribution in [0.4, 0.5) is 4.39 Å². The molecular weight excluding hydrogens is 317 g/mol. The van der Waals surface area contributed by atoms with Crippen molar-refractivity contribution in [2.75, 3.05) is 7.11 Å². The highest BCUT2D eigenvalue weighted by Gasteiger charge is 2.17. The molecule has 96 valence electrons. The van der Waals surface area contributed by atoms with Gasteiger partial charge in [0.15, 0.2) is 0 Å². The third-order valence-electron chi connectivity index (χ3n) is 2.73. The van der Waals surface area contributed by atoms with Crippen LogP contribution in [0.25, 0.3) is 0 Å². The largest absolute Gasteiger partial charge is 0.497 e. The molecule has 0 fully saturated rings. The molecule has 1 unspecified atom stereocenters. The molecule has 0 spiro atoms. The summed E-state index contributed by atoms with van der Waals surface area (Å²) < 4.78 is 19.9. The quantitative estimate of drug-likeness (QED) is 0.923. The molecule has 18 heavy (non-hydrogen) atoms. The molecule has 0 aliphatic heterocycles. The summed E-state index contributed by atoms with van der Waals surface area (Å²) in [5, 5.41) is 0. The maximum absolute atomic E-state index is 13.9. The number of rotatable bonds is 3. The van der Waals surface area contributed by atoms with Crippen LogP contribution in [0, 0.1) is 12.7 Å². The fourth-order valence-electron chi connectivity index (χ4n) is 1.68. The summed E-state index contributed by atoms with van der Waals surface area (Å²) in [5.41, 5.74) is 6.58. The molecule has 1 aromatic heterocycles. The Bertz CT molecular complexity index is 551. The minimum atomic E-state index is -0.453. The van der Waals surface area contributed by atoms with E-state index < -0.39 is 6.04 Å². The standard InChI is InChI=1S/C13H13BrFNOS/c1-7-10(14)6-12(18-7)13(16)9-4-3-8(17-2)5-11(9)15/h3-6,13H,16H2,1-2H3. The first-order valence-electron chi connectivity index (χ1n) is 5.37. The Hall–Kier alpha value is -0.910. The third kappa shape index (κ3) is 2.58. The van der Waals surface area contributed by atoms with Crippen molar-refractivity contribution in [3.05, 3.63) is 49.9 Å². The number of ether oxygens (including phenoxy) is 1. The van der Waals surface area contributed by atoms with Crippen molar-refractivity contribution in [3.8, 4) is 5.75 Å². The van der Waals surface area contributed by atoms with Gasteiger partial charge >= 0.3 is 0 Å². The second-order valence-corrected chi connectivity index (χ2v) is 6.06. The van der Waals surface area contributed by atoms with Crippen LogP contribution in [0.3, 0.4) is 0 Å². The van der Waals surface area contributed by atoms with Gasteiger partial charge in [0.1, 0.15) is 11.6 Å². The van der Waals surface area contributed by atoms with E-state index in [-0.39, 0.29) is 5.82 Å². The molecule has 1 atom stereocenters. The van der Waals surface area contributed by atoms with Crippen molar-refractivity contribution in [2.45, 2.75) is 13.0 Å². The predicted octanol–water partition coefficient (Wildman–Crippen LogP) is 4.01. The highest BCUT2D eigenvalue weighted by atomic mass is 79.9. The van der Waals surface area contributed by atoms with Gasteiger partial charge in [-0.25, -0.2) is 4.39 Å². The van der Waals surface area contributed by atoms with E-state index in [1.807, 2.05) is 13.0 Å². The van der Waals surface area contributed by atoms with E-state index in [1.165, 1.54) is 13.2 Å². The lowest BCUT2D eigenvalue weighted by atomic mass is 10.1. The van der Waals surface area contributed by atoms with Crippen LogP contribution in [0.15, 0.2) is 28.7 Å². The number of halogens is 2. The summed E-state index contributed by atoms with van der Waals surface area (Å²) in [4.78, 5) is 2.07. The molecule has 0 bridgehead atoms. The van der Waals surface area contributed by atoms with Gasteiger partial charge in [-0.2, -0.15) is 0 Å². The van der Waals surface area contributed by atoms with E-state index in [1.54, 1.807) is 23.5 Å². The van der Waals surface area contributed by atoms with E-state index in [4.69, 9.17) is 10.5 Å². The lowest BCUT2D eigenvalue weighted by Crippen LogP contribution is -2.12. The molecule has 0 aliphatic rings. The summed E-state index contributed by atoms with van der Waals surface area (Å²) in [6.07, 6.45) is 0. The maximum atomic E-state index is 13.9. The van der Waals surface area contributed by atoms with Crippen LogP contribution < -0.4 is 10.5 Å². The Balaban J connectivity index is 2.36. The first kappa shape index (κ1) is 13.5. The number of thiophene rings is 1. The van der Waals surface area contributed by atoms with Crippen molar-refractivity contribution >= 4 is 27.3 Å². The zero-order valence-electron chi connectivity index (χ0n) is 10.0. The Labute approximate surface area is 118 Å². The number of hydrogen-bond acceptors (Lipinski definition) is 3. The van der Waals surface area contributed by atoms with Gasteiger partial charge < -0.3 is 10.5 Å². The molecule has 0 saturated carbocycles. The average Bonchev–Trinajstić information content (AvgIpc) is 2.68. The zero-order valence-corrected chi connectivity index (χ0v) is 12.4. The summed E-state index contributed by atoms with van der Waals surface area (Å²) in [6.45, 7) is 2.00. The Morgan fingerprint density at radius 2 is 2.11 bits per heavy atom. The van der Waals surface area contributed by atoms with Gasteiger partial charge in [0.2, 0.25) is 0 Å². The van der Waals surface area contributed by atoms with Crippen LogP contribution >= 0.6 is 27.3 Å². The molecule has 2 nitrogen and oxygen atoms in total. The Kier molecular flexibility index (Phi) is 4.04. The number of methoxy groups -OCH3 is 1. The van der Waals surface area contributed by atoms with E-state index in [0.29, 0.717) is 11.3 Å². The molecule has 2 aromatic rings. The monoisotopic (exact) mass is 329 g/mol. The molecule has 2 N–H and O–H groups in total. The fraction of sp³-hybridized carbons (Fsp3) is 0.231.